The van der Waals surface area contributed by atoms with Gasteiger partial charge in [0.05, 0.1) is 7.11 Å². The average molecular weight is 369 g/mol. The van der Waals surface area contributed by atoms with Crippen LogP contribution in [0.3, 0.4) is 0 Å². The molecule has 0 saturated heterocycles. The molecule has 0 radical (unpaired) electrons. The van der Waals surface area contributed by atoms with Crippen molar-refractivity contribution in [1.82, 2.24) is 4.72 Å². The van der Waals surface area contributed by atoms with Gasteiger partial charge in [-0.15, -0.1) is 0 Å². The molecule has 4 rings (SSSR count). The minimum Gasteiger partial charge on any atom is -0.497 e. The topological polar surface area (TPSA) is 47.6 Å². The summed E-state index contributed by atoms with van der Waals surface area (Å²) in [5.41, 5.74) is 3.56. The molecular weight excluding hydrogens is 353 g/mol. The lowest BCUT2D eigenvalue weighted by molar-refractivity contribution is 0.415. The summed E-state index contributed by atoms with van der Waals surface area (Å²) in [5, 5.41) is 0. The Morgan fingerprint density at radius 3 is 2.54 bits per heavy atom. The first kappa shape index (κ1) is 16.8. The first-order chi connectivity index (χ1) is 12.7. The van der Waals surface area contributed by atoms with Crippen LogP contribution in [0.1, 0.15) is 5.56 Å². The van der Waals surface area contributed by atoms with E-state index in [0.717, 1.165) is 22.4 Å². The molecule has 0 spiro atoms. The lowest BCUT2D eigenvalue weighted by atomic mass is 9.97. The summed E-state index contributed by atoms with van der Waals surface area (Å²) in [6.07, 6.45) is 0. The SMILES string of the molecule is COc1ccc(-c2ccc(-c3cccc4c3OS(=O)NC4)cc2F)cc1. The molecule has 1 atom stereocenters. The number of hydrogen-bond acceptors (Lipinski definition) is 3. The fourth-order valence-electron chi connectivity index (χ4n) is 2.98. The van der Waals surface area contributed by atoms with Gasteiger partial charge in [-0.3, -0.25) is 0 Å². The van der Waals surface area contributed by atoms with Crippen LogP contribution in [0.15, 0.2) is 60.7 Å². The molecule has 0 fully saturated rings. The number of halogens is 1. The van der Waals surface area contributed by atoms with E-state index in [9.17, 15) is 8.60 Å². The Morgan fingerprint density at radius 2 is 1.81 bits per heavy atom. The Hall–Kier alpha value is -2.70. The molecular formula is C20H16FNO3S. The molecule has 1 heterocycles. The van der Waals surface area contributed by atoms with Crippen LogP contribution in [0.5, 0.6) is 11.5 Å². The van der Waals surface area contributed by atoms with E-state index >= 15 is 0 Å². The Labute approximate surface area is 153 Å². The smallest absolute Gasteiger partial charge is 0.288 e. The van der Waals surface area contributed by atoms with E-state index in [1.165, 1.54) is 6.07 Å². The number of rotatable bonds is 3. The third kappa shape index (κ3) is 3.09. The third-order valence-electron chi connectivity index (χ3n) is 4.32. The molecule has 3 aromatic rings. The Morgan fingerprint density at radius 1 is 1.04 bits per heavy atom. The van der Waals surface area contributed by atoms with Gasteiger partial charge in [0.1, 0.15) is 11.6 Å². The minimum absolute atomic E-state index is 0.333. The minimum atomic E-state index is -1.58. The van der Waals surface area contributed by atoms with Crippen LogP contribution >= 0.6 is 0 Å². The van der Waals surface area contributed by atoms with Crippen molar-refractivity contribution in [3.05, 3.63) is 72.0 Å². The highest BCUT2D eigenvalue weighted by molar-refractivity contribution is 7.78. The summed E-state index contributed by atoms with van der Waals surface area (Å²) >= 11 is -1.58. The van der Waals surface area contributed by atoms with Crippen molar-refractivity contribution in [2.24, 2.45) is 0 Å². The highest BCUT2D eigenvalue weighted by Gasteiger charge is 2.20. The van der Waals surface area contributed by atoms with Crippen molar-refractivity contribution >= 4 is 11.3 Å². The Kier molecular flexibility index (Phi) is 4.44. The summed E-state index contributed by atoms with van der Waals surface area (Å²) in [7, 11) is 1.59. The second kappa shape index (κ2) is 6.90. The summed E-state index contributed by atoms with van der Waals surface area (Å²) in [6.45, 7) is 0.447. The zero-order valence-corrected chi connectivity index (χ0v) is 14.8. The van der Waals surface area contributed by atoms with E-state index in [4.69, 9.17) is 8.92 Å². The van der Waals surface area contributed by atoms with Gasteiger partial charge in [0, 0.05) is 23.2 Å². The number of ether oxygens (including phenoxy) is 1. The lowest BCUT2D eigenvalue weighted by Gasteiger charge is -2.19. The van der Waals surface area contributed by atoms with E-state index in [-0.39, 0.29) is 5.82 Å². The van der Waals surface area contributed by atoms with Crippen molar-refractivity contribution in [2.75, 3.05) is 7.11 Å². The van der Waals surface area contributed by atoms with E-state index in [1.54, 1.807) is 25.3 Å². The van der Waals surface area contributed by atoms with Gasteiger partial charge < -0.3 is 8.92 Å². The zero-order chi connectivity index (χ0) is 18.1. The summed E-state index contributed by atoms with van der Waals surface area (Å²) in [5.74, 6) is 0.918. The van der Waals surface area contributed by atoms with Gasteiger partial charge >= 0.3 is 0 Å². The second-order valence-corrected chi connectivity index (χ2v) is 6.78. The van der Waals surface area contributed by atoms with Crippen LogP contribution in [0, 0.1) is 5.82 Å². The molecule has 3 aromatic carbocycles. The number of methoxy groups -OCH3 is 1. The van der Waals surface area contributed by atoms with E-state index in [1.807, 2.05) is 36.4 Å². The molecule has 1 N–H and O–H groups in total. The molecule has 0 bridgehead atoms. The zero-order valence-electron chi connectivity index (χ0n) is 14.0. The van der Waals surface area contributed by atoms with Crippen LogP contribution in [-0.2, 0) is 17.8 Å². The van der Waals surface area contributed by atoms with Crippen LogP contribution in [0.4, 0.5) is 4.39 Å². The van der Waals surface area contributed by atoms with Crippen molar-refractivity contribution in [3.8, 4) is 33.8 Å². The predicted octanol–water partition coefficient (Wildman–Crippen LogP) is 4.23. The van der Waals surface area contributed by atoms with Crippen molar-refractivity contribution < 1.29 is 17.5 Å². The van der Waals surface area contributed by atoms with Crippen LogP contribution in [-0.4, -0.2) is 11.3 Å². The van der Waals surface area contributed by atoms with Gasteiger partial charge in [-0.2, -0.15) is 8.93 Å². The van der Waals surface area contributed by atoms with Crippen molar-refractivity contribution in [1.29, 1.82) is 0 Å². The third-order valence-corrected chi connectivity index (χ3v) is 5.02. The van der Waals surface area contributed by atoms with Gasteiger partial charge in [-0.1, -0.05) is 42.5 Å². The molecule has 1 unspecified atom stereocenters. The first-order valence-corrected chi connectivity index (χ1v) is 9.13. The number of fused-ring (bicyclic) bond motifs is 1. The molecule has 4 nitrogen and oxygen atoms in total. The van der Waals surface area contributed by atoms with Gasteiger partial charge in [0.25, 0.3) is 11.3 Å². The lowest BCUT2D eigenvalue weighted by Crippen LogP contribution is -2.26. The summed E-state index contributed by atoms with van der Waals surface area (Å²) in [4.78, 5) is 0. The summed E-state index contributed by atoms with van der Waals surface area (Å²) < 4.78 is 39.7. The molecule has 1 aliphatic heterocycles. The Balaban J connectivity index is 1.74. The molecule has 0 aliphatic carbocycles. The molecule has 26 heavy (non-hydrogen) atoms. The first-order valence-electron chi connectivity index (χ1n) is 8.05. The molecule has 0 amide bonds. The number of hydrogen-bond donors (Lipinski definition) is 1. The van der Waals surface area contributed by atoms with Crippen molar-refractivity contribution in [2.45, 2.75) is 6.54 Å². The van der Waals surface area contributed by atoms with E-state index in [2.05, 4.69) is 4.72 Å². The monoisotopic (exact) mass is 369 g/mol. The van der Waals surface area contributed by atoms with Gasteiger partial charge in [0.2, 0.25) is 0 Å². The fourth-order valence-corrected chi connectivity index (χ4v) is 3.66. The maximum atomic E-state index is 14.8. The highest BCUT2D eigenvalue weighted by atomic mass is 32.2. The number of nitrogens with one attached hydrogen (secondary N) is 1. The van der Waals surface area contributed by atoms with E-state index in [0.29, 0.717) is 23.4 Å². The normalized spacial score (nSPS) is 15.8. The molecule has 0 aromatic heterocycles. The fraction of sp³-hybridized carbons (Fsp3) is 0.100. The largest absolute Gasteiger partial charge is 0.497 e. The summed E-state index contributed by atoms with van der Waals surface area (Å²) in [6, 6.07) is 17.9. The number of benzene rings is 3. The molecule has 0 saturated carbocycles. The van der Waals surface area contributed by atoms with Gasteiger partial charge in [-0.25, -0.2) is 4.39 Å². The molecule has 132 valence electrons. The van der Waals surface area contributed by atoms with Gasteiger partial charge in [-0.05, 0) is 29.3 Å². The second-order valence-electron chi connectivity index (χ2n) is 5.86. The quantitative estimate of drug-likeness (QED) is 0.752. The van der Waals surface area contributed by atoms with Gasteiger partial charge in [0.15, 0.2) is 5.75 Å². The highest BCUT2D eigenvalue weighted by Crippen LogP contribution is 2.37. The standard InChI is InChI=1S/C20H16FNO3S/c1-24-16-8-5-13(6-9-16)17-10-7-14(11-19(17)21)18-4-2-3-15-12-22-26(23)25-20(15)18/h2-11,22H,12H2,1H3. The Bertz CT molecular complexity index is 989. The van der Waals surface area contributed by atoms with Crippen LogP contribution in [0.2, 0.25) is 0 Å². The maximum absolute atomic E-state index is 14.8. The van der Waals surface area contributed by atoms with Crippen LogP contribution in [0.25, 0.3) is 22.3 Å². The molecule has 1 aliphatic rings. The molecule has 6 heteroatoms. The van der Waals surface area contributed by atoms with E-state index < -0.39 is 11.3 Å². The van der Waals surface area contributed by atoms with Crippen molar-refractivity contribution in [3.63, 3.8) is 0 Å². The average Bonchev–Trinajstić information content (AvgIpc) is 2.67. The van der Waals surface area contributed by atoms with Crippen LogP contribution < -0.4 is 13.6 Å². The maximum Gasteiger partial charge on any atom is 0.288 e. The number of para-hydroxylation sites is 1. The predicted molar refractivity (Wildman–Crippen MR) is 99.4 cm³/mol.